The van der Waals surface area contributed by atoms with Gasteiger partial charge in [0, 0.05) is 6.04 Å². The summed E-state index contributed by atoms with van der Waals surface area (Å²) in [6, 6.07) is -0.332. The summed E-state index contributed by atoms with van der Waals surface area (Å²) >= 11 is 0. The van der Waals surface area contributed by atoms with Crippen LogP contribution in [0, 0.1) is 0 Å². The maximum Gasteiger partial charge on any atom is 0.320 e. The first-order chi connectivity index (χ1) is 7.54. The van der Waals surface area contributed by atoms with Gasteiger partial charge in [-0.3, -0.25) is 14.5 Å². The normalized spacial score (nSPS) is 21.6. The lowest BCUT2D eigenvalue weighted by molar-refractivity contribution is -0.142. The molecule has 6 heteroatoms. The van der Waals surface area contributed by atoms with Gasteiger partial charge in [-0.05, 0) is 32.7 Å². The number of nitrogens with zero attached hydrogens (tertiary/aromatic N) is 1. The molecule has 1 rings (SSSR count). The summed E-state index contributed by atoms with van der Waals surface area (Å²) in [5.74, 6) is -0.906. The van der Waals surface area contributed by atoms with Gasteiger partial charge in [0.25, 0.3) is 0 Å². The third-order valence-corrected chi connectivity index (χ3v) is 3.02. The Hall–Kier alpha value is -0.810. The van der Waals surface area contributed by atoms with Gasteiger partial charge in [-0.2, -0.15) is 0 Å². The van der Waals surface area contributed by atoms with Gasteiger partial charge in [0.1, 0.15) is 6.04 Å². The van der Waals surface area contributed by atoms with E-state index < -0.39 is 12.0 Å². The first-order valence-corrected chi connectivity index (χ1v) is 5.80. The van der Waals surface area contributed by atoms with Gasteiger partial charge < -0.3 is 10.4 Å². The van der Waals surface area contributed by atoms with Gasteiger partial charge in [0.15, 0.2) is 0 Å². The van der Waals surface area contributed by atoms with E-state index in [1.54, 1.807) is 4.90 Å². The molecule has 5 nitrogen and oxygen atoms in total. The number of aliphatic carboxylic acids is 1. The van der Waals surface area contributed by atoms with E-state index in [2.05, 4.69) is 5.32 Å². The third kappa shape index (κ3) is 4.91. The highest BCUT2D eigenvalue weighted by Crippen LogP contribution is 2.16. The zero-order chi connectivity index (χ0) is 12.1. The summed E-state index contributed by atoms with van der Waals surface area (Å²) in [6.45, 7) is 4.84. The van der Waals surface area contributed by atoms with Crippen LogP contribution in [0.2, 0.25) is 0 Å². The summed E-state index contributed by atoms with van der Waals surface area (Å²) in [4.78, 5) is 24.2. The summed E-state index contributed by atoms with van der Waals surface area (Å²) in [6.07, 6.45) is 2.38. The van der Waals surface area contributed by atoms with E-state index in [-0.39, 0.29) is 30.9 Å². The van der Waals surface area contributed by atoms with Gasteiger partial charge in [-0.1, -0.05) is 6.92 Å². The molecule has 1 unspecified atom stereocenters. The van der Waals surface area contributed by atoms with Crippen LogP contribution in [0.25, 0.3) is 0 Å². The van der Waals surface area contributed by atoms with Gasteiger partial charge >= 0.3 is 5.97 Å². The van der Waals surface area contributed by atoms with Crippen molar-refractivity contribution in [2.45, 2.75) is 45.2 Å². The van der Waals surface area contributed by atoms with Crippen LogP contribution in [-0.2, 0) is 9.59 Å². The second-order valence-electron chi connectivity index (χ2n) is 4.34. The van der Waals surface area contributed by atoms with E-state index in [1.165, 1.54) is 0 Å². The van der Waals surface area contributed by atoms with Crippen molar-refractivity contribution in [2.24, 2.45) is 0 Å². The number of hydrogen-bond donors (Lipinski definition) is 2. The molecule has 0 aromatic heterocycles. The van der Waals surface area contributed by atoms with Crippen molar-refractivity contribution in [3.05, 3.63) is 0 Å². The summed E-state index contributed by atoms with van der Waals surface area (Å²) < 4.78 is 0. The van der Waals surface area contributed by atoms with Crippen molar-refractivity contribution >= 4 is 24.3 Å². The Kier molecular flexibility index (Phi) is 7.15. The number of halogens is 1. The van der Waals surface area contributed by atoms with E-state index in [0.29, 0.717) is 13.0 Å². The van der Waals surface area contributed by atoms with Crippen LogP contribution in [0.5, 0.6) is 0 Å². The Morgan fingerprint density at radius 2 is 2.18 bits per heavy atom. The van der Waals surface area contributed by atoms with Crippen LogP contribution in [0.4, 0.5) is 0 Å². The topological polar surface area (TPSA) is 69.6 Å². The molecular formula is C11H21ClN2O3. The van der Waals surface area contributed by atoms with E-state index in [9.17, 15) is 9.59 Å². The molecule has 2 N–H and O–H groups in total. The highest BCUT2D eigenvalue weighted by Gasteiger charge is 2.31. The van der Waals surface area contributed by atoms with E-state index in [0.717, 1.165) is 12.8 Å². The van der Waals surface area contributed by atoms with Gasteiger partial charge in [0.05, 0.1) is 6.54 Å². The summed E-state index contributed by atoms with van der Waals surface area (Å²) in [5.41, 5.74) is 0. The number of carboxylic acid groups (broad SMARTS) is 1. The molecule has 100 valence electrons. The molecule has 0 spiro atoms. The minimum absolute atomic E-state index is 0. The van der Waals surface area contributed by atoms with E-state index in [1.807, 2.05) is 13.8 Å². The van der Waals surface area contributed by atoms with E-state index in [4.69, 9.17) is 5.11 Å². The average Bonchev–Trinajstić information content (AvgIpc) is 2.65. The zero-order valence-corrected chi connectivity index (χ0v) is 11.1. The molecule has 0 aromatic carbocycles. The molecule has 1 amide bonds. The maximum absolute atomic E-state index is 11.6. The molecule has 1 fully saturated rings. The minimum atomic E-state index is -0.825. The second-order valence-corrected chi connectivity index (χ2v) is 4.34. The zero-order valence-electron chi connectivity index (χ0n) is 10.3. The van der Waals surface area contributed by atoms with Crippen LogP contribution >= 0.6 is 12.4 Å². The SMILES string of the molecule is CCC(C)NC(=O)CN1CCC[C@H]1C(=O)O.Cl. The number of carbonyl (C=O) groups is 2. The fraction of sp³-hybridized carbons (Fsp3) is 0.818. The lowest BCUT2D eigenvalue weighted by atomic mass is 10.2. The second kappa shape index (κ2) is 7.50. The molecule has 17 heavy (non-hydrogen) atoms. The molecule has 1 aliphatic rings. The average molecular weight is 265 g/mol. The standard InChI is InChI=1S/C11H20N2O3.ClH/c1-3-8(2)12-10(14)7-13-6-4-5-9(13)11(15)16;/h8-9H,3-7H2,1-2H3,(H,12,14)(H,15,16);1H/t8?,9-;/m0./s1. The third-order valence-electron chi connectivity index (χ3n) is 3.02. The van der Waals surface area contributed by atoms with Crippen molar-refractivity contribution in [1.29, 1.82) is 0 Å². The summed E-state index contributed by atoms with van der Waals surface area (Å²) in [7, 11) is 0. The van der Waals surface area contributed by atoms with Crippen molar-refractivity contribution < 1.29 is 14.7 Å². The van der Waals surface area contributed by atoms with Crippen molar-refractivity contribution in [1.82, 2.24) is 10.2 Å². The Morgan fingerprint density at radius 3 is 2.71 bits per heavy atom. The molecule has 1 heterocycles. The number of likely N-dealkylation sites (tertiary alicyclic amines) is 1. The van der Waals surface area contributed by atoms with Crippen LogP contribution in [0.1, 0.15) is 33.1 Å². The van der Waals surface area contributed by atoms with Gasteiger partial charge in [0.2, 0.25) is 5.91 Å². The molecule has 2 atom stereocenters. The number of hydrogen-bond acceptors (Lipinski definition) is 3. The van der Waals surface area contributed by atoms with Crippen LogP contribution in [0.3, 0.4) is 0 Å². The highest BCUT2D eigenvalue weighted by molar-refractivity contribution is 5.85. The minimum Gasteiger partial charge on any atom is -0.480 e. The number of rotatable bonds is 5. The Balaban J connectivity index is 0.00000256. The number of amides is 1. The smallest absolute Gasteiger partial charge is 0.320 e. The fourth-order valence-electron chi connectivity index (χ4n) is 1.90. The first-order valence-electron chi connectivity index (χ1n) is 5.80. The number of nitrogens with one attached hydrogen (secondary N) is 1. The highest BCUT2D eigenvalue weighted by atomic mass is 35.5. The van der Waals surface area contributed by atoms with Crippen molar-refractivity contribution in [2.75, 3.05) is 13.1 Å². The Morgan fingerprint density at radius 1 is 1.53 bits per heavy atom. The molecule has 1 aliphatic heterocycles. The molecule has 1 saturated heterocycles. The summed E-state index contributed by atoms with van der Waals surface area (Å²) in [5, 5.41) is 11.8. The Labute approximate surface area is 108 Å². The molecule has 0 radical (unpaired) electrons. The molecule has 0 bridgehead atoms. The fourth-order valence-corrected chi connectivity index (χ4v) is 1.90. The quantitative estimate of drug-likeness (QED) is 0.773. The first kappa shape index (κ1) is 16.2. The van der Waals surface area contributed by atoms with Gasteiger partial charge in [-0.15, -0.1) is 12.4 Å². The lowest BCUT2D eigenvalue weighted by Crippen LogP contribution is -2.44. The van der Waals surface area contributed by atoms with Crippen LogP contribution < -0.4 is 5.32 Å². The molecule has 0 aliphatic carbocycles. The molecular weight excluding hydrogens is 244 g/mol. The van der Waals surface area contributed by atoms with Crippen LogP contribution in [-0.4, -0.2) is 47.1 Å². The van der Waals surface area contributed by atoms with Crippen molar-refractivity contribution in [3.8, 4) is 0 Å². The number of carboxylic acids is 1. The largest absolute Gasteiger partial charge is 0.480 e. The monoisotopic (exact) mass is 264 g/mol. The van der Waals surface area contributed by atoms with Crippen molar-refractivity contribution in [3.63, 3.8) is 0 Å². The predicted octanol–water partition coefficient (Wildman–Crippen LogP) is 0.872. The predicted molar refractivity (Wildman–Crippen MR) is 67.4 cm³/mol. The lowest BCUT2D eigenvalue weighted by Gasteiger charge is -2.21. The van der Waals surface area contributed by atoms with Gasteiger partial charge in [-0.25, -0.2) is 0 Å². The number of carbonyl (C=O) groups excluding carboxylic acids is 1. The molecule has 0 aromatic rings. The van der Waals surface area contributed by atoms with E-state index >= 15 is 0 Å². The Bertz CT molecular complexity index is 273. The maximum atomic E-state index is 11.6. The molecule has 0 saturated carbocycles. The van der Waals surface area contributed by atoms with Crippen LogP contribution in [0.15, 0.2) is 0 Å².